The van der Waals surface area contributed by atoms with Crippen molar-refractivity contribution in [2.45, 2.75) is 16.8 Å². The van der Waals surface area contributed by atoms with Crippen molar-refractivity contribution in [1.29, 1.82) is 0 Å². The molecule has 0 radical (unpaired) electrons. The minimum Gasteiger partial charge on any atom is -0.274 e. The molecule has 0 aliphatic carbocycles. The van der Waals surface area contributed by atoms with E-state index in [1.165, 1.54) is 10.7 Å². The number of tetrazole rings is 1. The normalized spacial score (nSPS) is 17.0. The summed E-state index contributed by atoms with van der Waals surface area (Å²) in [6.45, 7) is 0. The van der Waals surface area contributed by atoms with E-state index in [1.807, 2.05) is 30.3 Å². The second-order valence-corrected chi connectivity index (χ2v) is 7.67. The average Bonchev–Trinajstić information content (AvgIpc) is 3.23. The number of carbonyl (C=O) groups is 2. The number of hydrogen-bond donors (Lipinski definition) is 0. The molecule has 136 valence electrons. The lowest BCUT2D eigenvalue weighted by atomic mass is 10.3. The van der Waals surface area contributed by atoms with Gasteiger partial charge in [-0.15, -0.1) is 5.10 Å². The van der Waals surface area contributed by atoms with Crippen LogP contribution in [-0.2, 0) is 9.59 Å². The maximum atomic E-state index is 12.8. The Hall–Kier alpha value is -2.42. The zero-order valence-electron chi connectivity index (χ0n) is 13.6. The highest BCUT2D eigenvalue weighted by Crippen LogP contribution is 2.35. The summed E-state index contributed by atoms with van der Waals surface area (Å²) in [7, 11) is 0. The lowest BCUT2D eigenvalue weighted by Crippen LogP contribution is -2.31. The van der Waals surface area contributed by atoms with Gasteiger partial charge in [0.1, 0.15) is 5.25 Å². The minimum absolute atomic E-state index is 0.0470. The van der Waals surface area contributed by atoms with Gasteiger partial charge in [-0.1, -0.05) is 53.2 Å². The van der Waals surface area contributed by atoms with Crippen molar-refractivity contribution < 1.29 is 9.59 Å². The molecule has 1 aliphatic heterocycles. The van der Waals surface area contributed by atoms with Gasteiger partial charge in [0.25, 0.3) is 0 Å². The fraction of sp³-hybridized carbons (Fsp3) is 0.118. The van der Waals surface area contributed by atoms with Crippen LogP contribution in [0.4, 0.5) is 5.69 Å². The van der Waals surface area contributed by atoms with Gasteiger partial charge in [-0.25, -0.2) is 4.90 Å². The predicted octanol–water partition coefficient (Wildman–Crippen LogP) is 3.39. The predicted molar refractivity (Wildman–Crippen MR) is 102 cm³/mol. The molecule has 1 saturated heterocycles. The summed E-state index contributed by atoms with van der Waals surface area (Å²) in [5, 5.41) is 12.1. The van der Waals surface area contributed by atoms with Gasteiger partial charge in [-0.3, -0.25) is 9.59 Å². The molecule has 2 amide bonds. The molecule has 4 rings (SSSR count). The Bertz CT molecular complexity index is 1030. The Morgan fingerprint density at radius 1 is 1.00 bits per heavy atom. The van der Waals surface area contributed by atoms with Gasteiger partial charge in [-0.05, 0) is 40.8 Å². The van der Waals surface area contributed by atoms with E-state index in [0.29, 0.717) is 15.9 Å². The molecule has 1 unspecified atom stereocenters. The maximum absolute atomic E-state index is 12.8. The van der Waals surface area contributed by atoms with Crippen LogP contribution < -0.4 is 4.90 Å². The SMILES string of the molecule is O=C1CC(Sc2nnnn2-c2ccccc2)C(=O)N1c1ccc(Cl)c(Cl)c1. The molecule has 2 aromatic carbocycles. The molecule has 2 heterocycles. The summed E-state index contributed by atoms with van der Waals surface area (Å²) in [6.07, 6.45) is 0.0470. The molecule has 7 nitrogen and oxygen atoms in total. The van der Waals surface area contributed by atoms with E-state index >= 15 is 0 Å². The molecular weight excluding hydrogens is 409 g/mol. The third kappa shape index (κ3) is 3.43. The topological polar surface area (TPSA) is 81.0 Å². The van der Waals surface area contributed by atoms with Crippen LogP contribution in [-0.4, -0.2) is 37.3 Å². The van der Waals surface area contributed by atoms with Crippen LogP contribution in [0.25, 0.3) is 5.69 Å². The Kier molecular flexibility index (Phi) is 4.86. The first-order valence-corrected chi connectivity index (χ1v) is 9.50. The first-order valence-electron chi connectivity index (χ1n) is 7.87. The van der Waals surface area contributed by atoms with Gasteiger partial charge in [0, 0.05) is 6.42 Å². The Labute approximate surface area is 168 Å². The van der Waals surface area contributed by atoms with Gasteiger partial charge in [0.2, 0.25) is 17.0 Å². The lowest BCUT2D eigenvalue weighted by molar-refractivity contribution is -0.121. The van der Waals surface area contributed by atoms with Gasteiger partial charge in [0.15, 0.2) is 0 Å². The highest BCUT2D eigenvalue weighted by Gasteiger charge is 2.41. The van der Waals surface area contributed by atoms with Crippen molar-refractivity contribution in [1.82, 2.24) is 20.2 Å². The highest BCUT2D eigenvalue weighted by molar-refractivity contribution is 8.00. The highest BCUT2D eigenvalue weighted by atomic mass is 35.5. The van der Waals surface area contributed by atoms with Crippen molar-refractivity contribution >= 4 is 52.5 Å². The summed E-state index contributed by atoms with van der Waals surface area (Å²) in [5.41, 5.74) is 1.16. The first kappa shape index (κ1) is 18.0. The van der Waals surface area contributed by atoms with Crippen LogP contribution in [0.15, 0.2) is 53.7 Å². The number of anilines is 1. The van der Waals surface area contributed by atoms with Crippen molar-refractivity contribution in [2.75, 3.05) is 4.90 Å². The second-order valence-electron chi connectivity index (χ2n) is 5.69. The quantitative estimate of drug-likeness (QED) is 0.602. The van der Waals surface area contributed by atoms with E-state index in [2.05, 4.69) is 15.5 Å². The molecular formula is C17H11Cl2N5O2S. The number of carbonyl (C=O) groups excluding carboxylic acids is 2. The van der Waals surface area contributed by atoms with Gasteiger partial charge in [-0.2, -0.15) is 4.68 Å². The number of para-hydroxylation sites is 1. The largest absolute Gasteiger partial charge is 0.274 e. The number of imide groups is 1. The van der Waals surface area contributed by atoms with Crippen molar-refractivity contribution in [3.63, 3.8) is 0 Å². The number of amides is 2. The molecule has 1 atom stereocenters. The van der Waals surface area contributed by atoms with Crippen molar-refractivity contribution in [3.05, 3.63) is 58.6 Å². The van der Waals surface area contributed by atoms with Gasteiger partial charge in [0.05, 0.1) is 21.4 Å². The summed E-state index contributed by atoms with van der Waals surface area (Å²) in [5.74, 6) is -0.652. The molecule has 27 heavy (non-hydrogen) atoms. The Morgan fingerprint density at radius 3 is 2.52 bits per heavy atom. The molecule has 0 spiro atoms. The number of halogens is 2. The van der Waals surface area contributed by atoms with Crippen LogP contribution in [0, 0.1) is 0 Å². The Balaban J connectivity index is 1.59. The van der Waals surface area contributed by atoms with Crippen LogP contribution in [0.3, 0.4) is 0 Å². The molecule has 0 bridgehead atoms. The summed E-state index contributed by atoms with van der Waals surface area (Å²) in [6, 6.07) is 14.0. The smallest absolute Gasteiger partial charge is 0.247 e. The number of benzene rings is 2. The van der Waals surface area contributed by atoms with E-state index in [4.69, 9.17) is 23.2 Å². The van der Waals surface area contributed by atoms with Crippen LogP contribution in [0.5, 0.6) is 0 Å². The summed E-state index contributed by atoms with van der Waals surface area (Å²) in [4.78, 5) is 26.4. The lowest BCUT2D eigenvalue weighted by Gasteiger charge is -2.15. The Morgan fingerprint density at radius 2 is 1.78 bits per heavy atom. The number of nitrogens with zero attached hydrogens (tertiary/aromatic N) is 5. The average molecular weight is 420 g/mol. The zero-order valence-corrected chi connectivity index (χ0v) is 15.9. The summed E-state index contributed by atoms with van der Waals surface area (Å²) >= 11 is 13.1. The zero-order chi connectivity index (χ0) is 19.0. The van der Waals surface area contributed by atoms with Crippen LogP contribution in [0.2, 0.25) is 10.0 Å². The molecule has 10 heteroatoms. The maximum Gasteiger partial charge on any atom is 0.247 e. The fourth-order valence-electron chi connectivity index (χ4n) is 2.70. The minimum atomic E-state index is -0.625. The molecule has 0 saturated carbocycles. The molecule has 1 fully saturated rings. The fourth-order valence-corrected chi connectivity index (χ4v) is 4.01. The number of aromatic nitrogens is 4. The third-order valence-corrected chi connectivity index (χ3v) is 5.81. The van der Waals surface area contributed by atoms with Crippen molar-refractivity contribution in [2.24, 2.45) is 0 Å². The standard InChI is InChI=1S/C17H11Cl2N5O2S/c18-12-7-6-11(8-13(12)19)23-15(25)9-14(16(23)26)27-17-20-21-22-24(17)10-4-2-1-3-5-10/h1-8,14H,9H2. The van der Waals surface area contributed by atoms with Gasteiger partial charge >= 0.3 is 0 Å². The monoisotopic (exact) mass is 419 g/mol. The molecule has 1 aromatic heterocycles. The second kappa shape index (κ2) is 7.30. The van der Waals surface area contributed by atoms with Crippen LogP contribution in [0.1, 0.15) is 6.42 Å². The van der Waals surface area contributed by atoms with Crippen molar-refractivity contribution in [3.8, 4) is 5.69 Å². The third-order valence-electron chi connectivity index (χ3n) is 3.96. The first-order chi connectivity index (χ1) is 13.0. The van der Waals surface area contributed by atoms with E-state index in [9.17, 15) is 9.59 Å². The van der Waals surface area contributed by atoms with E-state index < -0.39 is 5.25 Å². The number of rotatable bonds is 4. The molecule has 3 aromatic rings. The van der Waals surface area contributed by atoms with Gasteiger partial charge < -0.3 is 0 Å². The van der Waals surface area contributed by atoms with E-state index in [-0.39, 0.29) is 23.3 Å². The van der Waals surface area contributed by atoms with E-state index in [1.54, 1.807) is 12.1 Å². The summed E-state index contributed by atoms with van der Waals surface area (Å²) < 4.78 is 1.53. The number of thioether (sulfide) groups is 1. The number of hydrogen-bond acceptors (Lipinski definition) is 6. The molecule has 0 N–H and O–H groups in total. The molecule has 1 aliphatic rings. The van der Waals surface area contributed by atoms with Crippen LogP contribution >= 0.6 is 35.0 Å². The van der Waals surface area contributed by atoms with E-state index in [0.717, 1.165) is 22.3 Å².